The van der Waals surface area contributed by atoms with Gasteiger partial charge in [-0.3, -0.25) is 4.79 Å². The van der Waals surface area contributed by atoms with Gasteiger partial charge in [0.05, 0.1) is 32.8 Å². The Labute approximate surface area is 231 Å². The van der Waals surface area contributed by atoms with E-state index in [0.29, 0.717) is 57.9 Å². The first kappa shape index (κ1) is 26.0. The summed E-state index contributed by atoms with van der Waals surface area (Å²) in [5.74, 6) is 0.445. The van der Waals surface area contributed by atoms with E-state index in [1.807, 2.05) is 0 Å². The fourth-order valence-electron chi connectivity index (χ4n) is 3.07. The highest BCUT2D eigenvalue weighted by atomic mass is 35.5. The highest BCUT2D eigenvalue weighted by Gasteiger charge is 2.25. The highest BCUT2D eigenvalue weighted by Crippen LogP contribution is 2.39. The second-order valence-electron chi connectivity index (χ2n) is 7.11. The average molecular weight is 589 g/mol. The molecule has 0 aliphatic carbocycles. The maximum atomic E-state index is 12.5. The summed E-state index contributed by atoms with van der Waals surface area (Å²) in [6, 6.07) is 13.6. The third-order valence-electron chi connectivity index (χ3n) is 4.74. The number of carbonyl (C=O) groups excluding carboxylic acids is 1. The molecule has 3 aromatic carbocycles. The Kier molecular flexibility index (Phi) is 8.42. The number of halogens is 5. The van der Waals surface area contributed by atoms with Crippen molar-refractivity contribution in [1.82, 2.24) is 5.32 Å². The number of hydrogen-bond acceptors (Lipinski definition) is 5. The van der Waals surface area contributed by atoms with Gasteiger partial charge in [0.2, 0.25) is 0 Å². The molecule has 1 amide bonds. The molecule has 0 bridgehead atoms. The van der Waals surface area contributed by atoms with Gasteiger partial charge in [0.1, 0.15) is 6.61 Å². The molecule has 0 atom stereocenters. The molecule has 4 rings (SSSR count). The summed E-state index contributed by atoms with van der Waals surface area (Å²) >= 11 is 32.1. The number of ether oxygens (including phenoxy) is 2. The number of amides is 1. The van der Waals surface area contributed by atoms with E-state index in [0.717, 1.165) is 17.3 Å². The Morgan fingerprint density at radius 1 is 1.00 bits per heavy atom. The summed E-state index contributed by atoms with van der Waals surface area (Å²) in [6.45, 7) is 0.163. The predicted octanol–water partition coefficient (Wildman–Crippen LogP) is 8.43. The minimum absolute atomic E-state index is 0.163. The summed E-state index contributed by atoms with van der Waals surface area (Å²) in [5, 5.41) is 5.10. The van der Waals surface area contributed by atoms with Crippen LogP contribution in [-0.2, 0) is 11.4 Å². The number of carbonyl (C=O) groups is 1. The third-order valence-corrected chi connectivity index (χ3v) is 7.33. The van der Waals surface area contributed by atoms with Crippen LogP contribution in [-0.4, -0.2) is 18.2 Å². The van der Waals surface area contributed by atoms with E-state index in [1.54, 1.807) is 54.6 Å². The van der Waals surface area contributed by atoms with Crippen LogP contribution in [0.5, 0.6) is 11.5 Å². The maximum absolute atomic E-state index is 12.5. The summed E-state index contributed by atoms with van der Waals surface area (Å²) in [7, 11) is 1.50. The standard InChI is InChI=1S/C24H15Cl5N2O3S/c1-33-19-8-12(7-17(28)22(19)34-11-13-5-6-14(25)10-16(13)27)9-20-23(32)31-24(35-20)30-18-4-2-3-15(26)21(18)29/h2-10H,11H2,1H3,(H,30,31,32)/b20-9+. The van der Waals surface area contributed by atoms with E-state index in [2.05, 4.69) is 10.3 Å². The SMILES string of the molecule is COc1cc(/C=C2/SC(=Nc3cccc(Cl)c3Cl)NC2=O)cc(Cl)c1OCc1ccc(Cl)cc1Cl. The van der Waals surface area contributed by atoms with Crippen LogP contribution in [0.4, 0.5) is 5.69 Å². The number of amidine groups is 1. The van der Waals surface area contributed by atoms with Crippen LogP contribution in [0, 0.1) is 0 Å². The summed E-state index contributed by atoms with van der Waals surface area (Å²) in [4.78, 5) is 17.3. The lowest BCUT2D eigenvalue weighted by molar-refractivity contribution is -0.115. The van der Waals surface area contributed by atoms with Gasteiger partial charge in [-0.1, -0.05) is 70.1 Å². The molecule has 0 spiro atoms. The van der Waals surface area contributed by atoms with E-state index in [1.165, 1.54) is 7.11 Å². The topological polar surface area (TPSA) is 59.9 Å². The zero-order valence-corrected chi connectivity index (χ0v) is 22.5. The number of aliphatic imine (C=N–C) groups is 1. The fraction of sp³-hybridized carbons (Fsp3) is 0.0833. The maximum Gasteiger partial charge on any atom is 0.264 e. The van der Waals surface area contributed by atoms with Crippen LogP contribution in [0.1, 0.15) is 11.1 Å². The Balaban J connectivity index is 1.55. The molecule has 180 valence electrons. The molecule has 0 saturated carbocycles. The Morgan fingerprint density at radius 3 is 2.54 bits per heavy atom. The number of nitrogens with one attached hydrogen (secondary N) is 1. The first-order valence-corrected chi connectivity index (χ1v) is 12.6. The van der Waals surface area contributed by atoms with Crippen LogP contribution in [0.2, 0.25) is 25.1 Å². The minimum Gasteiger partial charge on any atom is -0.493 e. The zero-order chi connectivity index (χ0) is 25.1. The lowest BCUT2D eigenvalue weighted by Gasteiger charge is -2.14. The van der Waals surface area contributed by atoms with Gasteiger partial charge in [-0.2, -0.15) is 0 Å². The number of nitrogens with zero attached hydrogens (tertiary/aromatic N) is 1. The van der Waals surface area contributed by atoms with E-state index >= 15 is 0 Å². The monoisotopic (exact) mass is 586 g/mol. The van der Waals surface area contributed by atoms with Gasteiger partial charge in [-0.15, -0.1) is 0 Å². The van der Waals surface area contributed by atoms with Crippen molar-refractivity contribution in [1.29, 1.82) is 0 Å². The molecule has 1 fully saturated rings. The number of rotatable bonds is 6. The molecular weight excluding hydrogens is 574 g/mol. The van der Waals surface area contributed by atoms with Crippen molar-refractivity contribution in [3.63, 3.8) is 0 Å². The molecule has 5 nitrogen and oxygen atoms in total. The van der Waals surface area contributed by atoms with Crippen LogP contribution in [0.15, 0.2) is 58.4 Å². The van der Waals surface area contributed by atoms with Crippen molar-refractivity contribution in [3.8, 4) is 11.5 Å². The zero-order valence-electron chi connectivity index (χ0n) is 17.9. The fourth-order valence-corrected chi connectivity index (χ4v) is 4.98. The number of benzene rings is 3. The van der Waals surface area contributed by atoms with Gasteiger partial charge in [0.25, 0.3) is 5.91 Å². The molecule has 3 aromatic rings. The lowest BCUT2D eigenvalue weighted by atomic mass is 10.1. The quantitative estimate of drug-likeness (QED) is 0.294. The average Bonchev–Trinajstić information content (AvgIpc) is 3.15. The molecule has 0 aromatic heterocycles. The second-order valence-corrected chi connectivity index (χ2v) is 10.2. The van der Waals surface area contributed by atoms with Gasteiger partial charge in [-0.25, -0.2) is 4.99 Å². The molecule has 0 unspecified atom stereocenters. The number of thioether (sulfide) groups is 1. The smallest absolute Gasteiger partial charge is 0.264 e. The second kappa shape index (κ2) is 11.3. The van der Waals surface area contributed by atoms with Gasteiger partial charge in [0.15, 0.2) is 16.7 Å². The molecule has 1 saturated heterocycles. The van der Waals surface area contributed by atoms with Gasteiger partial charge in [-0.05, 0) is 59.8 Å². The Morgan fingerprint density at radius 2 is 1.80 bits per heavy atom. The first-order valence-electron chi connectivity index (χ1n) is 9.93. The van der Waals surface area contributed by atoms with Gasteiger partial charge >= 0.3 is 0 Å². The van der Waals surface area contributed by atoms with Crippen LogP contribution < -0.4 is 14.8 Å². The lowest BCUT2D eigenvalue weighted by Crippen LogP contribution is -2.19. The van der Waals surface area contributed by atoms with Crippen molar-refractivity contribution in [3.05, 3.63) is 89.7 Å². The Hall–Kier alpha value is -2.06. The molecule has 1 aliphatic heterocycles. The van der Waals surface area contributed by atoms with Crippen LogP contribution >= 0.6 is 69.8 Å². The van der Waals surface area contributed by atoms with Crippen LogP contribution in [0.25, 0.3) is 6.08 Å². The first-order chi connectivity index (χ1) is 16.7. The molecule has 1 N–H and O–H groups in total. The molecule has 11 heteroatoms. The number of hydrogen-bond donors (Lipinski definition) is 1. The van der Waals surface area contributed by atoms with E-state index < -0.39 is 0 Å². The van der Waals surface area contributed by atoms with E-state index in [4.69, 9.17) is 67.5 Å². The Bertz CT molecular complexity index is 1380. The van der Waals surface area contributed by atoms with Crippen molar-refractivity contribution >= 4 is 92.6 Å². The van der Waals surface area contributed by atoms with Crippen molar-refractivity contribution in [2.75, 3.05) is 7.11 Å². The highest BCUT2D eigenvalue weighted by molar-refractivity contribution is 8.18. The van der Waals surface area contributed by atoms with Crippen molar-refractivity contribution in [2.45, 2.75) is 6.61 Å². The summed E-state index contributed by atoms with van der Waals surface area (Å²) in [5.41, 5.74) is 1.84. The van der Waals surface area contributed by atoms with Crippen molar-refractivity contribution in [2.24, 2.45) is 4.99 Å². The molecule has 1 heterocycles. The molecule has 35 heavy (non-hydrogen) atoms. The molecule has 1 aliphatic rings. The van der Waals surface area contributed by atoms with Crippen LogP contribution in [0.3, 0.4) is 0 Å². The van der Waals surface area contributed by atoms with E-state index in [9.17, 15) is 4.79 Å². The summed E-state index contributed by atoms with van der Waals surface area (Å²) in [6.07, 6.45) is 1.68. The largest absolute Gasteiger partial charge is 0.493 e. The molecular formula is C24H15Cl5N2O3S. The third kappa shape index (κ3) is 6.20. The predicted molar refractivity (Wildman–Crippen MR) is 146 cm³/mol. The number of methoxy groups -OCH3 is 1. The minimum atomic E-state index is -0.306. The normalized spacial score (nSPS) is 15.5. The van der Waals surface area contributed by atoms with Gasteiger partial charge < -0.3 is 14.8 Å². The van der Waals surface area contributed by atoms with E-state index in [-0.39, 0.29) is 12.5 Å². The van der Waals surface area contributed by atoms with Crippen molar-refractivity contribution < 1.29 is 14.3 Å². The summed E-state index contributed by atoms with van der Waals surface area (Å²) < 4.78 is 11.4. The molecule has 0 radical (unpaired) electrons. The van der Waals surface area contributed by atoms with Gasteiger partial charge in [0, 0.05) is 15.6 Å².